The van der Waals surface area contributed by atoms with Crippen LogP contribution in [-0.4, -0.2) is 45.0 Å². The lowest BCUT2D eigenvalue weighted by Crippen LogP contribution is -2.51. The summed E-state index contributed by atoms with van der Waals surface area (Å²) < 4.78 is 7.30. The highest BCUT2D eigenvalue weighted by molar-refractivity contribution is 6.02. The van der Waals surface area contributed by atoms with Crippen molar-refractivity contribution in [3.8, 4) is 0 Å². The van der Waals surface area contributed by atoms with Crippen molar-refractivity contribution in [2.24, 2.45) is 0 Å². The fraction of sp³-hybridized carbons (Fsp3) is 0.308. The van der Waals surface area contributed by atoms with E-state index < -0.39 is 0 Å². The topological polar surface area (TPSA) is 96.5 Å². The number of hydrogen-bond acceptors (Lipinski definition) is 6. The highest BCUT2D eigenvalue weighted by Crippen LogP contribution is 2.44. The molecule has 6 rings (SSSR count). The van der Waals surface area contributed by atoms with Crippen LogP contribution in [0.3, 0.4) is 0 Å². The van der Waals surface area contributed by atoms with E-state index in [1.54, 1.807) is 6.92 Å². The van der Waals surface area contributed by atoms with Crippen molar-refractivity contribution >= 4 is 28.4 Å². The number of nitrogens with zero attached hydrogens (tertiary/aromatic N) is 5. The third-order valence-electron chi connectivity index (χ3n) is 6.97. The van der Waals surface area contributed by atoms with Gasteiger partial charge < -0.3 is 24.2 Å². The number of amides is 2. The Labute approximate surface area is 202 Å². The van der Waals surface area contributed by atoms with E-state index >= 15 is 0 Å². The van der Waals surface area contributed by atoms with Crippen LogP contribution >= 0.6 is 0 Å². The van der Waals surface area contributed by atoms with Gasteiger partial charge in [-0.1, -0.05) is 35.5 Å². The van der Waals surface area contributed by atoms with Gasteiger partial charge in [-0.05, 0) is 37.1 Å². The molecule has 1 unspecified atom stereocenters. The molecule has 4 heterocycles. The zero-order valence-corrected chi connectivity index (χ0v) is 19.7. The van der Waals surface area contributed by atoms with E-state index in [1.165, 1.54) is 10.9 Å². The van der Waals surface area contributed by atoms with Gasteiger partial charge in [-0.3, -0.25) is 9.59 Å². The fourth-order valence-corrected chi connectivity index (χ4v) is 5.44. The number of para-hydroxylation sites is 2. The van der Waals surface area contributed by atoms with Crippen LogP contribution in [0.15, 0.2) is 53.1 Å². The third kappa shape index (κ3) is 3.46. The Morgan fingerprint density at radius 3 is 2.80 bits per heavy atom. The number of aryl methyl sites for hydroxylation is 2. The van der Waals surface area contributed by atoms with Gasteiger partial charge in [0.05, 0.1) is 23.5 Å². The largest absolute Gasteiger partial charge is 0.349 e. The van der Waals surface area contributed by atoms with E-state index in [0.717, 1.165) is 28.9 Å². The first-order valence-electron chi connectivity index (χ1n) is 11.8. The molecule has 0 radical (unpaired) electrons. The average molecular weight is 471 g/mol. The summed E-state index contributed by atoms with van der Waals surface area (Å²) in [4.78, 5) is 34.4. The summed E-state index contributed by atoms with van der Waals surface area (Å²) in [5, 5.41) is 7.80. The van der Waals surface area contributed by atoms with Crippen LogP contribution in [-0.2, 0) is 24.3 Å². The number of nitrogens with one attached hydrogen (secondary N) is 1. The maximum Gasteiger partial charge on any atom is 0.257 e. The van der Waals surface area contributed by atoms with Crippen molar-refractivity contribution in [2.75, 3.05) is 18.5 Å². The summed E-state index contributed by atoms with van der Waals surface area (Å²) in [7, 11) is 2.04. The monoisotopic (exact) mass is 470 g/mol. The maximum atomic E-state index is 13.4. The molecule has 0 saturated carbocycles. The number of hydrogen-bond donors (Lipinski definition) is 1. The van der Waals surface area contributed by atoms with Crippen molar-refractivity contribution in [1.29, 1.82) is 0 Å². The molecule has 2 aromatic carbocycles. The summed E-state index contributed by atoms with van der Waals surface area (Å²) in [6.45, 7) is 3.10. The Bertz CT molecular complexity index is 1450. The van der Waals surface area contributed by atoms with Gasteiger partial charge in [0.25, 0.3) is 5.91 Å². The molecule has 0 bridgehead atoms. The van der Waals surface area contributed by atoms with Gasteiger partial charge in [0.2, 0.25) is 11.8 Å². The Balaban J connectivity index is 1.34. The smallest absolute Gasteiger partial charge is 0.257 e. The number of carbonyl (C=O) groups is 2. The molecule has 0 fully saturated rings. The summed E-state index contributed by atoms with van der Waals surface area (Å²) >= 11 is 0. The normalized spacial score (nSPS) is 16.7. The molecule has 1 atom stereocenters. The van der Waals surface area contributed by atoms with Gasteiger partial charge in [0, 0.05) is 37.5 Å². The molecule has 4 aromatic rings. The third-order valence-corrected chi connectivity index (χ3v) is 6.97. The van der Waals surface area contributed by atoms with Crippen LogP contribution in [0, 0.1) is 6.92 Å². The van der Waals surface area contributed by atoms with Crippen molar-refractivity contribution in [3.05, 3.63) is 77.1 Å². The zero-order valence-electron chi connectivity index (χ0n) is 19.7. The first-order chi connectivity index (χ1) is 17.0. The molecular formula is C26H26N6O3. The average Bonchev–Trinajstić information content (AvgIpc) is 3.45. The van der Waals surface area contributed by atoms with Gasteiger partial charge in [0.1, 0.15) is 6.17 Å². The van der Waals surface area contributed by atoms with E-state index in [4.69, 9.17) is 4.52 Å². The molecule has 1 N–H and O–H groups in total. The fourth-order valence-electron chi connectivity index (χ4n) is 5.44. The van der Waals surface area contributed by atoms with Crippen molar-refractivity contribution in [1.82, 2.24) is 24.9 Å². The Hall–Kier alpha value is -4.14. The highest BCUT2D eigenvalue weighted by Gasteiger charge is 2.42. The minimum atomic E-state index is -0.224. The van der Waals surface area contributed by atoms with Gasteiger partial charge in [-0.25, -0.2) is 0 Å². The summed E-state index contributed by atoms with van der Waals surface area (Å²) in [6.07, 6.45) is 0.848. The van der Waals surface area contributed by atoms with Crippen LogP contribution in [0.1, 0.15) is 45.9 Å². The molecule has 2 aromatic heterocycles. The molecule has 178 valence electrons. The lowest BCUT2D eigenvalue weighted by atomic mass is 9.96. The molecule has 35 heavy (non-hydrogen) atoms. The number of aromatic nitrogens is 3. The Morgan fingerprint density at radius 1 is 1.17 bits per heavy atom. The molecule has 2 amide bonds. The lowest BCUT2D eigenvalue weighted by Gasteiger charge is -2.46. The number of fused-ring (bicyclic) bond motifs is 6. The minimum absolute atomic E-state index is 0.0544. The van der Waals surface area contributed by atoms with Gasteiger partial charge in [0.15, 0.2) is 5.82 Å². The first kappa shape index (κ1) is 21.4. The molecule has 9 heteroatoms. The van der Waals surface area contributed by atoms with Gasteiger partial charge >= 0.3 is 0 Å². The Morgan fingerprint density at radius 2 is 1.97 bits per heavy atom. The van der Waals surface area contributed by atoms with Crippen LogP contribution in [0.25, 0.3) is 10.9 Å². The number of rotatable bonds is 5. The number of carbonyl (C=O) groups excluding carboxylic acids is 2. The van der Waals surface area contributed by atoms with Crippen molar-refractivity contribution < 1.29 is 14.1 Å². The molecule has 2 aliphatic heterocycles. The Kier molecular flexibility index (Phi) is 5.05. The second kappa shape index (κ2) is 8.26. The molecular weight excluding hydrogens is 444 g/mol. The van der Waals surface area contributed by atoms with E-state index in [-0.39, 0.29) is 24.5 Å². The SMILES string of the molecule is Cc1noc(CNC(=O)CCn2c3c(c4ccccc42)CCN2C(=O)c4ccccc4N(C)C32)n1. The van der Waals surface area contributed by atoms with Crippen molar-refractivity contribution in [2.45, 2.75) is 39.0 Å². The standard InChI is InChI=1S/C26H26N6O3/c1-16-28-23(35-29-16)15-27-22(33)12-14-31-21-10-6-3-7-17(21)18-11-13-32-25(24(18)31)30(2)20-9-5-4-8-19(20)26(32)34/h3-10,25H,11-15H2,1-2H3,(H,27,33). The van der Waals surface area contributed by atoms with Crippen LogP contribution in [0.5, 0.6) is 0 Å². The zero-order chi connectivity index (χ0) is 24.1. The van der Waals surface area contributed by atoms with Gasteiger partial charge in [-0.2, -0.15) is 4.98 Å². The summed E-state index contributed by atoms with van der Waals surface area (Å²) in [6, 6.07) is 16.1. The lowest BCUT2D eigenvalue weighted by molar-refractivity contribution is -0.121. The molecule has 0 saturated heterocycles. The number of anilines is 1. The number of benzene rings is 2. The summed E-state index contributed by atoms with van der Waals surface area (Å²) in [5.74, 6) is 0.880. The quantitative estimate of drug-likeness (QED) is 0.481. The van der Waals surface area contributed by atoms with Crippen LogP contribution < -0.4 is 10.2 Å². The minimum Gasteiger partial charge on any atom is -0.349 e. The molecule has 9 nitrogen and oxygen atoms in total. The molecule has 0 spiro atoms. The second-order valence-corrected chi connectivity index (χ2v) is 9.04. The van der Waals surface area contributed by atoms with E-state index in [0.29, 0.717) is 31.2 Å². The predicted octanol–water partition coefficient (Wildman–Crippen LogP) is 3.19. The van der Waals surface area contributed by atoms with E-state index in [9.17, 15) is 9.59 Å². The van der Waals surface area contributed by atoms with Crippen LogP contribution in [0.4, 0.5) is 5.69 Å². The summed E-state index contributed by atoms with van der Waals surface area (Å²) in [5.41, 5.74) is 5.08. The van der Waals surface area contributed by atoms with Crippen LogP contribution in [0.2, 0.25) is 0 Å². The molecule has 2 aliphatic rings. The van der Waals surface area contributed by atoms with Crippen molar-refractivity contribution in [3.63, 3.8) is 0 Å². The van der Waals surface area contributed by atoms with E-state index in [1.807, 2.05) is 48.3 Å². The predicted molar refractivity (Wildman–Crippen MR) is 130 cm³/mol. The van der Waals surface area contributed by atoms with E-state index in [2.05, 4.69) is 37.1 Å². The van der Waals surface area contributed by atoms with Gasteiger partial charge in [-0.15, -0.1) is 0 Å². The maximum absolute atomic E-state index is 13.4. The molecule has 0 aliphatic carbocycles. The first-order valence-corrected chi connectivity index (χ1v) is 11.8. The highest BCUT2D eigenvalue weighted by atomic mass is 16.5. The second-order valence-electron chi connectivity index (χ2n) is 9.04.